The van der Waals surface area contributed by atoms with E-state index in [1.807, 2.05) is 0 Å². The van der Waals surface area contributed by atoms with Crippen molar-refractivity contribution in [1.29, 1.82) is 0 Å². The van der Waals surface area contributed by atoms with Gasteiger partial charge in [-0.1, -0.05) is 11.6 Å². The molecular weight excluding hydrogens is 261 g/mol. The van der Waals surface area contributed by atoms with Crippen molar-refractivity contribution in [2.24, 2.45) is 5.73 Å². The number of nitrogens with zero attached hydrogens (tertiary/aromatic N) is 1. The van der Waals surface area contributed by atoms with Gasteiger partial charge in [-0.3, -0.25) is 10.1 Å². The first-order chi connectivity index (χ1) is 7.64. The number of alkyl halides is 3. The summed E-state index contributed by atoms with van der Waals surface area (Å²) in [6.45, 7) is 1.39. The molecule has 0 aliphatic rings. The minimum atomic E-state index is -4.76. The van der Waals surface area contributed by atoms with Crippen LogP contribution >= 0.6 is 11.6 Å². The summed E-state index contributed by atoms with van der Waals surface area (Å²) < 4.78 is 37.8. The van der Waals surface area contributed by atoms with Crippen LogP contribution in [0.3, 0.4) is 0 Å². The molecule has 0 fully saturated rings. The van der Waals surface area contributed by atoms with E-state index < -0.39 is 33.4 Å². The zero-order chi connectivity index (χ0) is 13.4. The topological polar surface area (TPSA) is 69.2 Å². The summed E-state index contributed by atoms with van der Waals surface area (Å²) in [4.78, 5) is 9.60. The third-order valence-corrected chi connectivity index (χ3v) is 2.51. The van der Waals surface area contributed by atoms with E-state index in [9.17, 15) is 23.3 Å². The summed E-state index contributed by atoms with van der Waals surface area (Å²) in [5.41, 5.74) is 3.38. The first-order valence-corrected chi connectivity index (χ1v) is 4.83. The van der Waals surface area contributed by atoms with Crippen LogP contribution in [0.5, 0.6) is 0 Å². The van der Waals surface area contributed by atoms with Crippen LogP contribution in [0.1, 0.15) is 24.1 Å². The van der Waals surface area contributed by atoms with Gasteiger partial charge in [-0.2, -0.15) is 13.2 Å². The van der Waals surface area contributed by atoms with Gasteiger partial charge < -0.3 is 5.73 Å². The van der Waals surface area contributed by atoms with Crippen molar-refractivity contribution in [1.82, 2.24) is 0 Å². The van der Waals surface area contributed by atoms with Crippen molar-refractivity contribution in [3.63, 3.8) is 0 Å². The molecule has 0 spiro atoms. The quantitative estimate of drug-likeness (QED) is 0.661. The molecule has 94 valence electrons. The molecule has 1 aromatic carbocycles. The molecule has 0 bridgehead atoms. The average Bonchev–Trinajstić information content (AvgIpc) is 2.15. The third-order valence-electron chi connectivity index (χ3n) is 2.09. The highest BCUT2D eigenvalue weighted by Gasteiger charge is 2.36. The molecule has 0 saturated heterocycles. The predicted molar refractivity (Wildman–Crippen MR) is 55.7 cm³/mol. The van der Waals surface area contributed by atoms with E-state index in [4.69, 9.17) is 17.3 Å². The van der Waals surface area contributed by atoms with Gasteiger partial charge in [-0.05, 0) is 12.5 Å². The lowest BCUT2D eigenvalue weighted by atomic mass is 10.0. The van der Waals surface area contributed by atoms with Crippen molar-refractivity contribution in [2.45, 2.75) is 19.1 Å². The lowest BCUT2D eigenvalue weighted by Crippen LogP contribution is -2.12. The highest BCUT2D eigenvalue weighted by molar-refractivity contribution is 6.32. The Hall–Kier alpha value is -1.34. The van der Waals surface area contributed by atoms with Gasteiger partial charge in [0.2, 0.25) is 0 Å². The molecule has 1 atom stereocenters. The Labute approximate surface area is 99.3 Å². The predicted octanol–water partition coefficient (Wildman–Crippen LogP) is 3.29. The van der Waals surface area contributed by atoms with Crippen LogP contribution in [-0.4, -0.2) is 4.92 Å². The van der Waals surface area contributed by atoms with Gasteiger partial charge in [0.25, 0.3) is 5.69 Å². The number of halogens is 4. The standard InChI is InChI=1S/C9H8ClF3N2O2/c1-4(14)6-2-5(15(16)17)3-7(8(6)10)9(11,12)13/h2-4H,14H2,1H3/t4-/m0/s1. The molecule has 0 radical (unpaired) electrons. The number of nitro benzene ring substituents is 1. The fourth-order valence-electron chi connectivity index (χ4n) is 1.27. The minimum absolute atomic E-state index is 0.104. The maximum atomic E-state index is 12.6. The van der Waals surface area contributed by atoms with E-state index in [1.165, 1.54) is 6.92 Å². The molecule has 0 heterocycles. The van der Waals surface area contributed by atoms with Crippen LogP contribution < -0.4 is 5.73 Å². The SMILES string of the molecule is C[C@H](N)c1cc([N+](=O)[O-])cc(C(F)(F)F)c1Cl. The van der Waals surface area contributed by atoms with Crippen LogP contribution in [0.15, 0.2) is 12.1 Å². The molecule has 0 saturated carbocycles. The molecule has 17 heavy (non-hydrogen) atoms. The molecule has 0 aromatic heterocycles. The molecule has 2 N–H and O–H groups in total. The van der Waals surface area contributed by atoms with Gasteiger partial charge >= 0.3 is 6.18 Å². The van der Waals surface area contributed by atoms with Gasteiger partial charge in [-0.15, -0.1) is 0 Å². The monoisotopic (exact) mass is 268 g/mol. The second kappa shape index (κ2) is 4.50. The summed E-state index contributed by atoms with van der Waals surface area (Å²) in [5, 5.41) is 9.92. The minimum Gasteiger partial charge on any atom is -0.324 e. The Morgan fingerprint density at radius 2 is 2.00 bits per heavy atom. The average molecular weight is 269 g/mol. The summed E-state index contributed by atoms with van der Waals surface area (Å²) in [6.07, 6.45) is -4.76. The van der Waals surface area contributed by atoms with Crippen molar-refractivity contribution in [3.8, 4) is 0 Å². The van der Waals surface area contributed by atoms with Gasteiger partial charge in [0.05, 0.1) is 15.5 Å². The molecule has 1 aromatic rings. The van der Waals surface area contributed by atoms with Crippen LogP contribution in [0, 0.1) is 10.1 Å². The Morgan fingerprint density at radius 1 is 1.47 bits per heavy atom. The van der Waals surface area contributed by atoms with E-state index in [2.05, 4.69) is 0 Å². The van der Waals surface area contributed by atoms with Crippen molar-refractivity contribution >= 4 is 17.3 Å². The fraction of sp³-hybridized carbons (Fsp3) is 0.333. The molecule has 0 amide bonds. The lowest BCUT2D eigenvalue weighted by molar-refractivity contribution is -0.385. The molecule has 0 aliphatic carbocycles. The highest BCUT2D eigenvalue weighted by Crippen LogP contribution is 2.40. The summed E-state index contributed by atoms with van der Waals surface area (Å²) in [5.74, 6) is 0. The van der Waals surface area contributed by atoms with Crippen molar-refractivity contribution < 1.29 is 18.1 Å². The fourth-order valence-corrected chi connectivity index (χ4v) is 1.66. The number of hydrogen-bond donors (Lipinski definition) is 1. The molecular formula is C9H8ClF3N2O2. The maximum absolute atomic E-state index is 12.6. The summed E-state index contributed by atoms with van der Waals surface area (Å²) in [6, 6.07) is 0.514. The van der Waals surface area contributed by atoms with Gasteiger partial charge in [0.1, 0.15) is 0 Å². The van der Waals surface area contributed by atoms with Crippen LogP contribution in [-0.2, 0) is 6.18 Å². The summed E-state index contributed by atoms with van der Waals surface area (Å²) >= 11 is 5.54. The molecule has 8 heteroatoms. The van der Waals surface area contributed by atoms with E-state index >= 15 is 0 Å². The zero-order valence-corrected chi connectivity index (χ0v) is 9.34. The van der Waals surface area contributed by atoms with Crippen LogP contribution in [0.2, 0.25) is 5.02 Å². The molecule has 4 nitrogen and oxygen atoms in total. The Morgan fingerprint density at radius 3 is 2.35 bits per heavy atom. The number of hydrogen-bond acceptors (Lipinski definition) is 3. The summed E-state index contributed by atoms with van der Waals surface area (Å²) in [7, 11) is 0. The van der Waals surface area contributed by atoms with Crippen LogP contribution in [0.25, 0.3) is 0 Å². The Bertz CT molecular complexity index is 460. The second-order valence-corrected chi connectivity index (χ2v) is 3.82. The first kappa shape index (κ1) is 13.7. The number of nitro groups is 1. The Balaban J connectivity index is 3.55. The van der Waals surface area contributed by atoms with Gasteiger partial charge in [0.15, 0.2) is 0 Å². The largest absolute Gasteiger partial charge is 0.418 e. The molecule has 0 unspecified atom stereocenters. The number of benzene rings is 1. The van der Waals surface area contributed by atoms with Crippen molar-refractivity contribution in [3.05, 3.63) is 38.4 Å². The molecule has 1 rings (SSSR count). The van der Waals surface area contributed by atoms with E-state index in [0.29, 0.717) is 6.07 Å². The lowest BCUT2D eigenvalue weighted by Gasteiger charge is -2.14. The number of rotatable bonds is 2. The first-order valence-electron chi connectivity index (χ1n) is 4.45. The molecule has 0 aliphatic heterocycles. The normalized spacial score (nSPS) is 13.5. The zero-order valence-electron chi connectivity index (χ0n) is 8.58. The number of non-ortho nitro benzene ring substituents is 1. The van der Waals surface area contributed by atoms with Gasteiger partial charge in [-0.25, -0.2) is 0 Å². The van der Waals surface area contributed by atoms with Crippen molar-refractivity contribution in [2.75, 3.05) is 0 Å². The van der Waals surface area contributed by atoms with Gasteiger partial charge in [0, 0.05) is 18.2 Å². The van der Waals surface area contributed by atoms with E-state index in [0.717, 1.165) is 6.07 Å². The third kappa shape index (κ3) is 2.86. The van der Waals surface area contributed by atoms with E-state index in [-0.39, 0.29) is 5.56 Å². The van der Waals surface area contributed by atoms with E-state index in [1.54, 1.807) is 0 Å². The Kier molecular flexibility index (Phi) is 3.63. The smallest absolute Gasteiger partial charge is 0.324 e. The van der Waals surface area contributed by atoms with Crippen LogP contribution in [0.4, 0.5) is 18.9 Å². The highest BCUT2D eigenvalue weighted by atomic mass is 35.5. The second-order valence-electron chi connectivity index (χ2n) is 3.44. The number of nitrogens with two attached hydrogens (primary N) is 1. The maximum Gasteiger partial charge on any atom is 0.418 e.